The maximum Gasteiger partial charge on any atom is 0.418 e. The Bertz CT molecular complexity index is 945. The Morgan fingerprint density at radius 1 is 1.10 bits per heavy atom. The Balaban J connectivity index is 2.21. The van der Waals surface area contributed by atoms with E-state index in [4.69, 9.17) is 4.74 Å². The summed E-state index contributed by atoms with van der Waals surface area (Å²) < 4.78 is 69.7. The molecule has 2 rings (SSSR count). The molecule has 0 fully saturated rings. The van der Waals surface area contributed by atoms with Gasteiger partial charge in [0.2, 0.25) is 15.9 Å². The Kier molecular flexibility index (Phi) is 7.12. The van der Waals surface area contributed by atoms with Gasteiger partial charge in [-0.25, -0.2) is 8.42 Å². The van der Waals surface area contributed by atoms with E-state index in [1.54, 1.807) is 12.1 Å². The third-order valence-corrected chi connectivity index (χ3v) is 4.93. The third-order valence-electron chi connectivity index (χ3n) is 3.79. The number of rotatable bonds is 8. The van der Waals surface area contributed by atoms with Crippen LogP contribution >= 0.6 is 0 Å². The van der Waals surface area contributed by atoms with Gasteiger partial charge in [-0.05, 0) is 42.8 Å². The summed E-state index contributed by atoms with van der Waals surface area (Å²) in [6, 6.07) is 10.5. The summed E-state index contributed by atoms with van der Waals surface area (Å²) in [5.41, 5.74) is -1.27. The highest BCUT2D eigenvalue weighted by atomic mass is 32.2. The second-order valence-corrected chi connectivity index (χ2v) is 8.11. The SMILES string of the molecule is CCCOc1ccc(N(CC(=O)Nc2ccccc2C(F)(F)F)S(C)(=O)=O)cc1. The van der Waals surface area contributed by atoms with Crippen LogP contribution in [0, 0.1) is 0 Å². The summed E-state index contributed by atoms with van der Waals surface area (Å²) in [6.45, 7) is 1.76. The summed E-state index contributed by atoms with van der Waals surface area (Å²) >= 11 is 0. The molecule has 0 aliphatic rings. The Morgan fingerprint density at radius 3 is 2.28 bits per heavy atom. The van der Waals surface area contributed by atoms with Crippen LogP contribution in [0.5, 0.6) is 5.75 Å². The predicted molar refractivity (Wildman–Crippen MR) is 104 cm³/mol. The molecule has 1 N–H and O–H groups in total. The molecule has 0 aliphatic heterocycles. The van der Waals surface area contributed by atoms with Crippen molar-refractivity contribution in [2.75, 3.05) is 29.0 Å². The summed E-state index contributed by atoms with van der Waals surface area (Å²) in [4.78, 5) is 12.3. The lowest BCUT2D eigenvalue weighted by atomic mass is 10.1. The van der Waals surface area contributed by atoms with Crippen LogP contribution in [-0.4, -0.2) is 33.7 Å². The van der Waals surface area contributed by atoms with Crippen molar-refractivity contribution < 1.29 is 31.1 Å². The first-order valence-electron chi connectivity index (χ1n) is 8.69. The first-order chi connectivity index (χ1) is 13.5. The van der Waals surface area contributed by atoms with Crippen molar-refractivity contribution in [2.45, 2.75) is 19.5 Å². The predicted octanol–water partition coefficient (Wildman–Crippen LogP) is 3.90. The minimum absolute atomic E-state index is 0.190. The van der Waals surface area contributed by atoms with Gasteiger partial charge in [0.25, 0.3) is 0 Å². The molecule has 2 aromatic carbocycles. The number of nitrogens with zero attached hydrogens (tertiary/aromatic N) is 1. The highest BCUT2D eigenvalue weighted by Crippen LogP contribution is 2.34. The molecule has 0 spiro atoms. The monoisotopic (exact) mass is 430 g/mol. The average molecular weight is 430 g/mol. The van der Waals surface area contributed by atoms with Crippen molar-refractivity contribution in [1.29, 1.82) is 0 Å². The summed E-state index contributed by atoms with van der Waals surface area (Å²) in [5, 5.41) is 2.14. The fourth-order valence-electron chi connectivity index (χ4n) is 2.49. The van der Waals surface area contributed by atoms with E-state index >= 15 is 0 Å². The molecule has 1 amide bonds. The summed E-state index contributed by atoms with van der Waals surface area (Å²) in [6.07, 6.45) is -2.95. The number of hydrogen-bond donors (Lipinski definition) is 1. The molecule has 0 unspecified atom stereocenters. The van der Waals surface area contributed by atoms with Gasteiger partial charge < -0.3 is 10.1 Å². The zero-order chi connectivity index (χ0) is 21.7. The van der Waals surface area contributed by atoms with Crippen molar-refractivity contribution >= 4 is 27.3 Å². The molecule has 0 atom stereocenters. The van der Waals surface area contributed by atoms with E-state index < -0.39 is 39.9 Å². The van der Waals surface area contributed by atoms with Crippen molar-refractivity contribution in [1.82, 2.24) is 0 Å². The lowest BCUT2D eigenvalue weighted by Crippen LogP contribution is -2.37. The second kappa shape index (κ2) is 9.17. The van der Waals surface area contributed by atoms with Gasteiger partial charge in [-0.2, -0.15) is 13.2 Å². The first-order valence-corrected chi connectivity index (χ1v) is 10.5. The van der Waals surface area contributed by atoms with E-state index in [0.717, 1.165) is 29.1 Å². The van der Waals surface area contributed by atoms with E-state index in [1.807, 2.05) is 6.92 Å². The van der Waals surface area contributed by atoms with Gasteiger partial charge >= 0.3 is 6.18 Å². The largest absolute Gasteiger partial charge is 0.494 e. The van der Waals surface area contributed by atoms with Crippen LogP contribution in [-0.2, 0) is 21.0 Å². The fourth-order valence-corrected chi connectivity index (χ4v) is 3.34. The zero-order valence-electron chi connectivity index (χ0n) is 15.9. The van der Waals surface area contributed by atoms with Crippen molar-refractivity contribution in [3.8, 4) is 5.75 Å². The van der Waals surface area contributed by atoms with Crippen LogP contribution in [0.15, 0.2) is 48.5 Å². The van der Waals surface area contributed by atoms with E-state index in [0.29, 0.717) is 12.4 Å². The molecular formula is C19H21F3N2O4S. The molecule has 0 radical (unpaired) electrons. The number of nitrogens with one attached hydrogen (secondary N) is 1. The number of halogens is 3. The van der Waals surface area contributed by atoms with Gasteiger partial charge in [-0.15, -0.1) is 0 Å². The number of ether oxygens (including phenoxy) is 1. The van der Waals surface area contributed by atoms with Gasteiger partial charge in [-0.3, -0.25) is 9.10 Å². The fraction of sp³-hybridized carbons (Fsp3) is 0.316. The first kappa shape index (κ1) is 22.5. The molecule has 0 heterocycles. The minimum atomic E-state index is -4.66. The summed E-state index contributed by atoms with van der Waals surface area (Å²) in [7, 11) is -3.86. The summed E-state index contributed by atoms with van der Waals surface area (Å²) in [5.74, 6) is -0.369. The quantitative estimate of drug-likeness (QED) is 0.689. The third kappa shape index (κ3) is 6.38. The number of carbonyl (C=O) groups excluding carboxylic acids is 1. The van der Waals surface area contributed by atoms with Crippen LogP contribution in [0.3, 0.4) is 0 Å². The molecule has 29 heavy (non-hydrogen) atoms. The number of amides is 1. The lowest BCUT2D eigenvalue weighted by Gasteiger charge is -2.22. The Morgan fingerprint density at radius 2 is 1.72 bits per heavy atom. The molecule has 10 heteroatoms. The smallest absolute Gasteiger partial charge is 0.418 e. The molecule has 0 saturated carbocycles. The van der Waals surface area contributed by atoms with Crippen molar-refractivity contribution in [3.05, 3.63) is 54.1 Å². The Labute approximate surface area is 167 Å². The maximum absolute atomic E-state index is 13.1. The second-order valence-electron chi connectivity index (χ2n) is 6.20. The highest BCUT2D eigenvalue weighted by Gasteiger charge is 2.33. The van der Waals surface area contributed by atoms with Crippen LogP contribution in [0.2, 0.25) is 0 Å². The number of carbonyl (C=O) groups is 1. The van der Waals surface area contributed by atoms with E-state index in [2.05, 4.69) is 5.32 Å². The van der Waals surface area contributed by atoms with Gasteiger partial charge in [-0.1, -0.05) is 19.1 Å². The van der Waals surface area contributed by atoms with Gasteiger partial charge in [0, 0.05) is 0 Å². The topological polar surface area (TPSA) is 75.7 Å². The number of benzene rings is 2. The molecule has 0 aliphatic carbocycles. The van der Waals surface area contributed by atoms with Gasteiger partial charge in [0.15, 0.2) is 0 Å². The normalized spacial score (nSPS) is 11.8. The number of anilines is 2. The number of alkyl halides is 3. The zero-order valence-corrected chi connectivity index (χ0v) is 16.7. The van der Waals surface area contributed by atoms with Crippen molar-refractivity contribution in [2.24, 2.45) is 0 Å². The highest BCUT2D eigenvalue weighted by molar-refractivity contribution is 7.92. The van der Waals surface area contributed by atoms with E-state index in [9.17, 15) is 26.4 Å². The molecule has 0 bridgehead atoms. The molecule has 2 aromatic rings. The van der Waals surface area contributed by atoms with Crippen LogP contribution < -0.4 is 14.4 Å². The molecule has 6 nitrogen and oxygen atoms in total. The van der Waals surface area contributed by atoms with Crippen LogP contribution in [0.4, 0.5) is 24.5 Å². The molecule has 0 aromatic heterocycles. The maximum atomic E-state index is 13.1. The van der Waals surface area contributed by atoms with E-state index in [-0.39, 0.29) is 5.69 Å². The van der Waals surface area contributed by atoms with Crippen LogP contribution in [0.25, 0.3) is 0 Å². The number of para-hydroxylation sites is 1. The standard InChI is InChI=1S/C19H21F3N2O4S/c1-3-12-28-15-10-8-14(9-11-15)24(29(2,26)27)13-18(25)23-17-7-5-4-6-16(17)19(20,21)22/h4-11H,3,12-13H2,1-2H3,(H,23,25). The lowest BCUT2D eigenvalue weighted by molar-refractivity contribution is -0.137. The minimum Gasteiger partial charge on any atom is -0.494 e. The average Bonchev–Trinajstić information content (AvgIpc) is 2.64. The van der Waals surface area contributed by atoms with Crippen LogP contribution in [0.1, 0.15) is 18.9 Å². The molecule has 158 valence electrons. The van der Waals surface area contributed by atoms with Gasteiger partial charge in [0.1, 0.15) is 12.3 Å². The van der Waals surface area contributed by atoms with Gasteiger partial charge in [0.05, 0.1) is 29.8 Å². The number of sulfonamides is 1. The van der Waals surface area contributed by atoms with E-state index in [1.165, 1.54) is 24.3 Å². The Hall–Kier alpha value is -2.75. The van der Waals surface area contributed by atoms with Crippen molar-refractivity contribution in [3.63, 3.8) is 0 Å². The molecular weight excluding hydrogens is 409 g/mol. The number of hydrogen-bond acceptors (Lipinski definition) is 4. The molecule has 0 saturated heterocycles.